The first-order chi connectivity index (χ1) is 8.40. The number of benzene rings is 1. The second kappa shape index (κ2) is 4.07. The molecule has 0 unspecified atom stereocenters. The number of aromatic nitrogens is 2. The van der Waals surface area contributed by atoms with Gasteiger partial charge < -0.3 is 9.73 Å². The van der Waals surface area contributed by atoms with Crippen LogP contribution < -0.4 is 5.32 Å². The van der Waals surface area contributed by atoms with E-state index < -0.39 is 0 Å². The average molecular weight is 227 g/mol. The Hall–Kier alpha value is -2.07. The molecule has 4 heteroatoms. The molecule has 0 bridgehead atoms. The number of para-hydroxylation sites is 1. The molecule has 2 aromatic heterocycles. The molecule has 0 amide bonds. The summed E-state index contributed by atoms with van der Waals surface area (Å²) >= 11 is 0. The van der Waals surface area contributed by atoms with Crippen LogP contribution in [0.3, 0.4) is 0 Å². The Morgan fingerprint density at radius 3 is 3.06 bits per heavy atom. The largest absolute Gasteiger partial charge is 0.464 e. The summed E-state index contributed by atoms with van der Waals surface area (Å²) in [7, 11) is 1.91. The van der Waals surface area contributed by atoms with E-state index >= 15 is 0 Å². The first-order valence-electron chi connectivity index (χ1n) is 5.53. The standard InChI is InChI=1S/C13H13N3O/c1-14-7-12-10(6-15-16-12)11-8-17-13-5-3-2-4-9(11)13/h2-6,8,14H,7H2,1H3,(H,15,16). The molecule has 0 aliphatic heterocycles. The Kier molecular flexibility index (Phi) is 2.42. The smallest absolute Gasteiger partial charge is 0.134 e. The van der Waals surface area contributed by atoms with Crippen LogP contribution in [0.4, 0.5) is 0 Å². The summed E-state index contributed by atoms with van der Waals surface area (Å²) in [6, 6.07) is 8.01. The lowest BCUT2D eigenvalue weighted by atomic mass is 10.1. The molecule has 0 spiro atoms. The van der Waals surface area contributed by atoms with E-state index in [0.29, 0.717) is 0 Å². The zero-order valence-corrected chi connectivity index (χ0v) is 9.53. The third kappa shape index (κ3) is 1.62. The minimum absolute atomic E-state index is 0.759. The van der Waals surface area contributed by atoms with E-state index in [1.54, 1.807) is 6.26 Å². The number of hydrogen-bond acceptors (Lipinski definition) is 3. The molecule has 86 valence electrons. The van der Waals surface area contributed by atoms with Crippen LogP contribution in [-0.4, -0.2) is 17.2 Å². The summed E-state index contributed by atoms with van der Waals surface area (Å²) in [6.45, 7) is 0.759. The minimum Gasteiger partial charge on any atom is -0.464 e. The van der Waals surface area contributed by atoms with E-state index in [1.165, 1.54) is 0 Å². The predicted molar refractivity (Wildman–Crippen MR) is 66.6 cm³/mol. The van der Waals surface area contributed by atoms with Gasteiger partial charge in [0, 0.05) is 23.1 Å². The molecule has 2 N–H and O–H groups in total. The van der Waals surface area contributed by atoms with Crippen molar-refractivity contribution in [2.45, 2.75) is 6.54 Å². The number of rotatable bonds is 3. The Morgan fingerprint density at radius 2 is 2.18 bits per heavy atom. The molecule has 0 saturated carbocycles. The highest BCUT2D eigenvalue weighted by atomic mass is 16.3. The second-order valence-corrected chi connectivity index (χ2v) is 3.94. The molecule has 0 atom stereocenters. The van der Waals surface area contributed by atoms with Gasteiger partial charge in [0.2, 0.25) is 0 Å². The van der Waals surface area contributed by atoms with E-state index in [9.17, 15) is 0 Å². The number of nitrogens with one attached hydrogen (secondary N) is 2. The van der Waals surface area contributed by atoms with E-state index in [2.05, 4.69) is 21.6 Å². The third-order valence-corrected chi connectivity index (χ3v) is 2.84. The number of aromatic amines is 1. The highest BCUT2D eigenvalue weighted by Crippen LogP contribution is 2.31. The van der Waals surface area contributed by atoms with Gasteiger partial charge in [-0.3, -0.25) is 5.10 Å². The third-order valence-electron chi connectivity index (χ3n) is 2.84. The maximum Gasteiger partial charge on any atom is 0.134 e. The van der Waals surface area contributed by atoms with Crippen LogP contribution in [0.15, 0.2) is 41.1 Å². The van der Waals surface area contributed by atoms with Crippen LogP contribution >= 0.6 is 0 Å². The molecular weight excluding hydrogens is 214 g/mol. The van der Waals surface area contributed by atoms with E-state index in [0.717, 1.165) is 34.3 Å². The number of nitrogens with zero attached hydrogens (tertiary/aromatic N) is 1. The molecule has 3 aromatic rings. The van der Waals surface area contributed by atoms with Crippen LogP contribution in [0, 0.1) is 0 Å². The molecule has 4 nitrogen and oxygen atoms in total. The van der Waals surface area contributed by atoms with Crippen LogP contribution in [-0.2, 0) is 6.54 Å². The lowest BCUT2D eigenvalue weighted by Gasteiger charge is -2.00. The molecule has 1 aromatic carbocycles. The van der Waals surface area contributed by atoms with Gasteiger partial charge >= 0.3 is 0 Å². The van der Waals surface area contributed by atoms with Crippen LogP contribution in [0.1, 0.15) is 5.69 Å². The van der Waals surface area contributed by atoms with Gasteiger partial charge in [0.25, 0.3) is 0 Å². The maximum atomic E-state index is 5.54. The predicted octanol–water partition coefficient (Wildman–Crippen LogP) is 2.54. The van der Waals surface area contributed by atoms with Crippen LogP contribution in [0.5, 0.6) is 0 Å². The molecule has 0 aliphatic rings. The monoisotopic (exact) mass is 227 g/mol. The number of furan rings is 1. The van der Waals surface area contributed by atoms with Crippen LogP contribution in [0.25, 0.3) is 22.1 Å². The van der Waals surface area contributed by atoms with E-state index in [4.69, 9.17) is 4.42 Å². The summed E-state index contributed by atoms with van der Waals surface area (Å²) in [5, 5.41) is 11.3. The van der Waals surface area contributed by atoms with Gasteiger partial charge in [0.15, 0.2) is 0 Å². The molecule has 17 heavy (non-hydrogen) atoms. The quantitative estimate of drug-likeness (QED) is 0.723. The SMILES string of the molecule is CNCc1[nH]ncc1-c1coc2ccccc12. The molecule has 0 aliphatic carbocycles. The first-order valence-corrected chi connectivity index (χ1v) is 5.53. The molecule has 3 rings (SSSR count). The highest BCUT2D eigenvalue weighted by molar-refractivity contribution is 5.94. The van der Waals surface area contributed by atoms with Gasteiger partial charge in [-0.2, -0.15) is 5.10 Å². The van der Waals surface area contributed by atoms with Crippen molar-refractivity contribution in [3.63, 3.8) is 0 Å². The number of hydrogen-bond donors (Lipinski definition) is 2. The normalized spacial score (nSPS) is 11.1. The van der Waals surface area contributed by atoms with E-state index in [1.807, 2.05) is 31.4 Å². The number of H-pyrrole nitrogens is 1. The molecule has 0 fully saturated rings. The summed E-state index contributed by atoms with van der Waals surface area (Å²) in [5.41, 5.74) is 4.14. The molecule has 0 radical (unpaired) electrons. The fourth-order valence-corrected chi connectivity index (χ4v) is 2.04. The number of fused-ring (bicyclic) bond motifs is 1. The fraction of sp³-hybridized carbons (Fsp3) is 0.154. The van der Waals surface area contributed by atoms with Crippen molar-refractivity contribution >= 4 is 11.0 Å². The summed E-state index contributed by atoms with van der Waals surface area (Å²) in [5.74, 6) is 0. The van der Waals surface area contributed by atoms with Crippen molar-refractivity contribution in [3.05, 3.63) is 42.4 Å². The van der Waals surface area contributed by atoms with Crippen molar-refractivity contribution < 1.29 is 4.42 Å². The Balaban J connectivity index is 2.17. The molecular formula is C13H13N3O. The summed E-state index contributed by atoms with van der Waals surface area (Å²) < 4.78 is 5.54. The van der Waals surface area contributed by atoms with Gasteiger partial charge in [0.1, 0.15) is 5.58 Å². The van der Waals surface area contributed by atoms with Gasteiger partial charge in [-0.15, -0.1) is 0 Å². The maximum absolute atomic E-state index is 5.54. The molecule has 2 heterocycles. The summed E-state index contributed by atoms with van der Waals surface area (Å²) in [6.07, 6.45) is 3.62. The van der Waals surface area contributed by atoms with Gasteiger partial charge in [-0.05, 0) is 13.1 Å². The van der Waals surface area contributed by atoms with Crippen molar-refractivity contribution in [1.82, 2.24) is 15.5 Å². The summed E-state index contributed by atoms with van der Waals surface area (Å²) in [4.78, 5) is 0. The Bertz CT molecular complexity index is 639. The second-order valence-electron chi connectivity index (χ2n) is 3.94. The van der Waals surface area contributed by atoms with Crippen molar-refractivity contribution in [3.8, 4) is 11.1 Å². The van der Waals surface area contributed by atoms with Gasteiger partial charge in [0.05, 0.1) is 18.2 Å². The van der Waals surface area contributed by atoms with Crippen LogP contribution in [0.2, 0.25) is 0 Å². The van der Waals surface area contributed by atoms with E-state index in [-0.39, 0.29) is 0 Å². The lowest BCUT2D eigenvalue weighted by molar-refractivity contribution is 0.617. The lowest BCUT2D eigenvalue weighted by Crippen LogP contribution is -2.06. The topological polar surface area (TPSA) is 53.9 Å². The Morgan fingerprint density at radius 1 is 1.29 bits per heavy atom. The fourth-order valence-electron chi connectivity index (χ4n) is 2.04. The van der Waals surface area contributed by atoms with Crippen molar-refractivity contribution in [2.75, 3.05) is 7.05 Å². The molecule has 0 saturated heterocycles. The first kappa shape index (κ1) is 10.1. The Labute approximate surface area is 98.6 Å². The van der Waals surface area contributed by atoms with Gasteiger partial charge in [-0.25, -0.2) is 0 Å². The highest BCUT2D eigenvalue weighted by Gasteiger charge is 2.12. The minimum atomic E-state index is 0.759. The van der Waals surface area contributed by atoms with Crippen molar-refractivity contribution in [1.29, 1.82) is 0 Å². The van der Waals surface area contributed by atoms with Gasteiger partial charge in [-0.1, -0.05) is 18.2 Å². The average Bonchev–Trinajstić information content (AvgIpc) is 2.95. The zero-order chi connectivity index (χ0) is 11.7. The zero-order valence-electron chi connectivity index (χ0n) is 9.53. The van der Waals surface area contributed by atoms with Crippen molar-refractivity contribution in [2.24, 2.45) is 0 Å².